The van der Waals surface area contributed by atoms with Gasteiger partial charge in [0.25, 0.3) is 0 Å². The third-order valence-electron chi connectivity index (χ3n) is 5.88. The van der Waals surface area contributed by atoms with Gasteiger partial charge in [-0.1, -0.05) is 34.8 Å². The lowest BCUT2D eigenvalue weighted by atomic mass is 9.93. The van der Waals surface area contributed by atoms with Crippen molar-refractivity contribution >= 4 is 26.0 Å². The zero-order chi connectivity index (χ0) is 22.0. The average molecular weight is 502 g/mol. The Kier molecular flexibility index (Phi) is 11.0. The molecular weight excluding hydrogens is 464 g/mol. The zero-order valence-corrected chi connectivity index (χ0v) is 20.8. The molecule has 7 heteroatoms. The van der Waals surface area contributed by atoms with Crippen molar-refractivity contribution in [3.63, 3.8) is 0 Å². The predicted octanol–water partition coefficient (Wildman–Crippen LogP) is 5.08. The minimum absolute atomic E-state index is 0.0473. The van der Waals surface area contributed by atoms with Crippen LogP contribution in [0.5, 0.6) is 0 Å². The lowest BCUT2D eigenvalue weighted by Gasteiger charge is -2.34. The summed E-state index contributed by atoms with van der Waals surface area (Å²) in [5.74, 6) is 0. The molecule has 1 aromatic carbocycles. The van der Waals surface area contributed by atoms with Crippen molar-refractivity contribution in [3.8, 4) is 0 Å². The first-order chi connectivity index (χ1) is 14.3. The minimum atomic E-state index is -3.45. The summed E-state index contributed by atoms with van der Waals surface area (Å²) in [6.07, 6.45) is 10.5. The summed E-state index contributed by atoms with van der Waals surface area (Å²) in [7, 11) is 0.382. The van der Waals surface area contributed by atoms with Crippen LogP contribution >= 0.6 is 15.9 Å². The van der Waals surface area contributed by atoms with E-state index in [4.69, 9.17) is 4.74 Å². The maximum Gasteiger partial charge on any atom is 0.243 e. The Balaban J connectivity index is 1.64. The lowest BCUT2D eigenvalue weighted by Crippen LogP contribution is -2.40. The maximum atomic E-state index is 12.9. The van der Waals surface area contributed by atoms with E-state index in [0.29, 0.717) is 4.90 Å². The number of rotatable bonds is 13. The second-order valence-electron chi connectivity index (χ2n) is 8.24. The van der Waals surface area contributed by atoms with Crippen molar-refractivity contribution < 1.29 is 13.2 Å². The Morgan fingerprint density at radius 3 is 2.33 bits per heavy atom. The fourth-order valence-electron chi connectivity index (χ4n) is 3.94. The highest BCUT2D eigenvalue weighted by Gasteiger charge is 2.31. The molecule has 0 atom stereocenters. The SMILES string of the molecule is C=CCN(C)CCCCCCO[C@H]1CC[C@H](N(C)S(=O)(=O)c2ccc(Br)cc2)CC1. The summed E-state index contributed by atoms with van der Waals surface area (Å²) in [5.41, 5.74) is 0. The van der Waals surface area contributed by atoms with Gasteiger partial charge in [-0.2, -0.15) is 4.31 Å². The maximum absolute atomic E-state index is 12.9. The van der Waals surface area contributed by atoms with E-state index in [2.05, 4.69) is 34.5 Å². The molecule has 2 rings (SSSR count). The van der Waals surface area contributed by atoms with Crippen molar-refractivity contribution in [3.05, 3.63) is 41.4 Å². The molecule has 0 unspecified atom stereocenters. The van der Waals surface area contributed by atoms with E-state index in [-0.39, 0.29) is 12.1 Å². The van der Waals surface area contributed by atoms with Crippen molar-refractivity contribution in [2.24, 2.45) is 0 Å². The highest BCUT2D eigenvalue weighted by atomic mass is 79.9. The largest absolute Gasteiger partial charge is 0.378 e. The first kappa shape index (κ1) is 25.5. The van der Waals surface area contributed by atoms with Crippen LogP contribution in [0.2, 0.25) is 0 Å². The lowest BCUT2D eigenvalue weighted by molar-refractivity contribution is 0.0156. The summed E-state index contributed by atoms with van der Waals surface area (Å²) in [4.78, 5) is 2.64. The molecule has 0 aromatic heterocycles. The first-order valence-electron chi connectivity index (χ1n) is 11.0. The molecule has 0 radical (unpaired) electrons. The third-order valence-corrected chi connectivity index (χ3v) is 8.33. The molecule has 0 bridgehead atoms. The number of hydrogen-bond acceptors (Lipinski definition) is 4. The van der Waals surface area contributed by atoms with Crippen molar-refractivity contribution in [2.75, 3.05) is 33.8 Å². The number of halogens is 1. The molecule has 0 spiro atoms. The molecule has 1 aliphatic carbocycles. The van der Waals surface area contributed by atoms with Crippen LogP contribution in [0.1, 0.15) is 51.4 Å². The van der Waals surface area contributed by atoms with Gasteiger partial charge in [-0.25, -0.2) is 8.42 Å². The Morgan fingerprint density at radius 1 is 1.07 bits per heavy atom. The van der Waals surface area contributed by atoms with E-state index in [9.17, 15) is 8.42 Å². The Morgan fingerprint density at radius 2 is 1.70 bits per heavy atom. The molecular formula is C23H37BrN2O3S. The molecule has 170 valence electrons. The van der Waals surface area contributed by atoms with Gasteiger partial charge in [-0.05, 0) is 76.4 Å². The van der Waals surface area contributed by atoms with Gasteiger partial charge in [0.1, 0.15) is 0 Å². The molecule has 0 heterocycles. The molecule has 30 heavy (non-hydrogen) atoms. The normalized spacial score (nSPS) is 20.0. The van der Waals surface area contributed by atoms with Crippen molar-refractivity contribution in [2.45, 2.75) is 68.4 Å². The summed E-state index contributed by atoms with van der Waals surface area (Å²) in [6.45, 7) is 6.64. The number of unbranched alkanes of at least 4 members (excludes halogenated alkanes) is 3. The van der Waals surface area contributed by atoms with Crippen LogP contribution < -0.4 is 0 Å². The van der Waals surface area contributed by atoms with Gasteiger partial charge in [0.05, 0.1) is 11.0 Å². The van der Waals surface area contributed by atoms with Crippen LogP contribution in [0, 0.1) is 0 Å². The van der Waals surface area contributed by atoms with Crippen LogP contribution in [-0.2, 0) is 14.8 Å². The van der Waals surface area contributed by atoms with E-state index in [1.807, 2.05) is 6.08 Å². The van der Waals surface area contributed by atoms with Crippen LogP contribution in [0.15, 0.2) is 46.3 Å². The van der Waals surface area contributed by atoms with Gasteiger partial charge in [0, 0.05) is 30.7 Å². The monoisotopic (exact) mass is 500 g/mol. The van der Waals surface area contributed by atoms with Crippen LogP contribution in [-0.4, -0.2) is 63.6 Å². The quantitative estimate of drug-likeness (QED) is 0.280. The summed E-state index contributed by atoms with van der Waals surface area (Å²) < 4.78 is 34.2. The summed E-state index contributed by atoms with van der Waals surface area (Å²) in [6, 6.07) is 6.89. The van der Waals surface area contributed by atoms with Crippen LogP contribution in [0.3, 0.4) is 0 Å². The molecule has 1 aromatic rings. The standard InChI is InChI=1S/C23H37BrN2O3S/c1-4-17-25(2)18-7-5-6-8-19-29-22-13-11-21(12-14-22)26(3)30(27,28)23-15-9-20(24)10-16-23/h4,9-10,15-16,21-22H,1,5-8,11-14,17-19H2,2-3H3/t21-,22-. The van der Waals surface area contributed by atoms with Gasteiger partial charge in [-0.15, -0.1) is 6.58 Å². The number of ether oxygens (including phenoxy) is 1. The molecule has 0 aliphatic heterocycles. The second kappa shape index (κ2) is 13.0. The predicted molar refractivity (Wildman–Crippen MR) is 127 cm³/mol. The number of hydrogen-bond donors (Lipinski definition) is 0. The summed E-state index contributed by atoms with van der Waals surface area (Å²) in [5, 5.41) is 0. The molecule has 1 aliphatic rings. The minimum Gasteiger partial charge on any atom is -0.378 e. The molecule has 5 nitrogen and oxygen atoms in total. The van der Waals surface area contributed by atoms with E-state index in [1.165, 1.54) is 19.3 Å². The highest BCUT2D eigenvalue weighted by molar-refractivity contribution is 9.10. The van der Waals surface area contributed by atoms with Gasteiger partial charge >= 0.3 is 0 Å². The number of sulfonamides is 1. The Hall–Kier alpha value is -0.730. The zero-order valence-electron chi connectivity index (χ0n) is 18.4. The van der Waals surface area contributed by atoms with E-state index >= 15 is 0 Å². The van der Waals surface area contributed by atoms with Crippen molar-refractivity contribution in [1.82, 2.24) is 9.21 Å². The van der Waals surface area contributed by atoms with Gasteiger partial charge < -0.3 is 9.64 Å². The number of benzene rings is 1. The topological polar surface area (TPSA) is 49.9 Å². The average Bonchev–Trinajstić information content (AvgIpc) is 2.73. The first-order valence-corrected chi connectivity index (χ1v) is 13.2. The van der Waals surface area contributed by atoms with Crippen LogP contribution in [0.4, 0.5) is 0 Å². The molecule has 0 N–H and O–H groups in total. The van der Waals surface area contributed by atoms with Crippen LogP contribution in [0.25, 0.3) is 0 Å². The van der Waals surface area contributed by atoms with Crippen molar-refractivity contribution in [1.29, 1.82) is 0 Å². The number of likely N-dealkylation sites (N-methyl/N-ethyl adjacent to an activating group) is 1. The molecule has 0 amide bonds. The second-order valence-corrected chi connectivity index (χ2v) is 11.2. The fraction of sp³-hybridized carbons (Fsp3) is 0.652. The van der Waals surface area contributed by atoms with E-state index in [0.717, 1.165) is 56.3 Å². The summed E-state index contributed by atoms with van der Waals surface area (Å²) >= 11 is 3.35. The Labute approximate surface area is 191 Å². The molecule has 0 saturated heterocycles. The van der Waals surface area contributed by atoms with Gasteiger partial charge in [-0.3, -0.25) is 0 Å². The fourth-order valence-corrected chi connectivity index (χ4v) is 5.62. The molecule has 1 saturated carbocycles. The third kappa shape index (κ3) is 8.08. The van der Waals surface area contributed by atoms with Gasteiger partial charge in [0.15, 0.2) is 0 Å². The smallest absolute Gasteiger partial charge is 0.243 e. The van der Waals surface area contributed by atoms with E-state index in [1.54, 1.807) is 35.6 Å². The highest BCUT2D eigenvalue weighted by Crippen LogP contribution is 2.28. The number of nitrogens with zero attached hydrogens (tertiary/aromatic N) is 2. The van der Waals surface area contributed by atoms with E-state index < -0.39 is 10.0 Å². The van der Waals surface area contributed by atoms with Gasteiger partial charge in [0.2, 0.25) is 10.0 Å². The molecule has 1 fully saturated rings. The Bertz CT molecular complexity index is 731.